The number of fused-ring (bicyclic) bond motifs is 1. The summed E-state index contributed by atoms with van der Waals surface area (Å²) in [7, 11) is 0. The molecule has 1 saturated heterocycles. The van der Waals surface area contributed by atoms with Crippen LogP contribution in [-0.4, -0.2) is 55.1 Å². The van der Waals surface area contributed by atoms with Crippen LogP contribution in [0.5, 0.6) is 0 Å². The molecule has 6 nitrogen and oxygen atoms in total. The summed E-state index contributed by atoms with van der Waals surface area (Å²) in [5, 5.41) is 12.1. The molecule has 3 aromatic heterocycles. The highest BCUT2D eigenvalue weighted by molar-refractivity contribution is 8.00. The molecule has 1 aliphatic heterocycles. The van der Waals surface area contributed by atoms with Crippen molar-refractivity contribution in [2.24, 2.45) is 0 Å². The number of thiophene rings is 1. The number of carbonyl (C=O) groups excluding carboxylic acids is 1. The molecule has 3 aromatic rings. The normalized spacial score (nSPS) is 16.5. The first-order chi connectivity index (χ1) is 13.4. The SMILES string of the molecule is O=C([C@@H](Sc1ccc2nnc(-c3cccs3)n2n1)C(F)(F)F)N1CCCCC1. The third-order valence-electron chi connectivity index (χ3n) is 4.41. The summed E-state index contributed by atoms with van der Waals surface area (Å²) in [4.78, 5) is 14.7. The number of amides is 1. The van der Waals surface area contributed by atoms with Crippen LogP contribution < -0.4 is 0 Å². The number of likely N-dealkylation sites (tertiary alicyclic amines) is 1. The Bertz CT molecular complexity index is 967. The van der Waals surface area contributed by atoms with Crippen LogP contribution in [0.2, 0.25) is 0 Å². The van der Waals surface area contributed by atoms with Crippen LogP contribution in [0.15, 0.2) is 34.7 Å². The van der Waals surface area contributed by atoms with Gasteiger partial charge in [0.2, 0.25) is 5.91 Å². The summed E-state index contributed by atoms with van der Waals surface area (Å²) >= 11 is 1.85. The summed E-state index contributed by atoms with van der Waals surface area (Å²) in [6, 6.07) is 6.67. The molecule has 11 heteroatoms. The molecule has 4 heterocycles. The Kier molecular flexibility index (Phi) is 5.28. The number of piperidine rings is 1. The summed E-state index contributed by atoms with van der Waals surface area (Å²) in [5.41, 5.74) is 0.429. The van der Waals surface area contributed by atoms with Crippen molar-refractivity contribution in [3.8, 4) is 10.7 Å². The third kappa shape index (κ3) is 3.86. The van der Waals surface area contributed by atoms with E-state index in [1.54, 1.807) is 6.07 Å². The fourth-order valence-electron chi connectivity index (χ4n) is 3.05. The minimum Gasteiger partial charge on any atom is -0.341 e. The Morgan fingerprint density at radius 1 is 1.14 bits per heavy atom. The number of halogens is 3. The number of rotatable bonds is 4. The topological polar surface area (TPSA) is 63.4 Å². The van der Waals surface area contributed by atoms with Crippen LogP contribution in [-0.2, 0) is 4.79 Å². The largest absolute Gasteiger partial charge is 0.409 e. The van der Waals surface area contributed by atoms with Crippen LogP contribution in [0.1, 0.15) is 19.3 Å². The molecule has 0 N–H and O–H groups in total. The van der Waals surface area contributed by atoms with Crippen molar-refractivity contribution in [3.63, 3.8) is 0 Å². The van der Waals surface area contributed by atoms with E-state index in [0.717, 1.165) is 24.1 Å². The molecule has 1 aliphatic rings. The van der Waals surface area contributed by atoms with Crippen LogP contribution in [0.3, 0.4) is 0 Å². The Hall–Kier alpha value is -2.14. The predicted octanol–water partition coefficient (Wildman–Crippen LogP) is 3.89. The van der Waals surface area contributed by atoms with Gasteiger partial charge in [0.05, 0.1) is 4.88 Å². The number of alkyl halides is 3. The Balaban J connectivity index is 1.64. The second-order valence-corrected chi connectivity index (χ2v) is 8.44. The smallest absolute Gasteiger partial charge is 0.341 e. The monoisotopic (exact) mass is 427 g/mol. The molecule has 28 heavy (non-hydrogen) atoms. The number of carbonyl (C=O) groups is 1. The maximum absolute atomic E-state index is 13.6. The minimum absolute atomic E-state index is 0.0952. The van der Waals surface area contributed by atoms with Gasteiger partial charge in [-0.05, 0) is 42.8 Å². The molecule has 0 saturated carbocycles. The predicted molar refractivity (Wildman–Crippen MR) is 100 cm³/mol. The second kappa shape index (κ2) is 7.70. The molecule has 1 amide bonds. The van der Waals surface area contributed by atoms with Crippen molar-refractivity contribution in [3.05, 3.63) is 29.6 Å². The zero-order chi connectivity index (χ0) is 19.7. The molecular formula is C17H16F3N5OS2. The first-order valence-electron chi connectivity index (χ1n) is 8.72. The molecule has 0 radical (unpaired) electrons. The van der Waals surface area contributed by atoms with Crippen molar-refractivity contribution in [2.75, 3.05) is 13.1 Å². The number of hydrogen-bond acceptors (Lipinski definition) is 6. The van der Waals surface area contributed by atoms with E-state index >= 15 is 0 Å². The van der Waals surface area contributed by atoms with Crippen molar-refractivity contribution >= 4 is 34.7 Å². The quantitative estimate of drug-likeness (QED) is 0.591. The number of nitrogens with zero attached hydrogens (tertiary/aromatic N) is 5. The van der Waals surface area contributed by atoms with Gasteiger partial charge >= 0.3 is 6.18 Å². The van der Waals surface area contributed by atoms with Crippen molar-refractivity contribution in [2.45, 2.75) is 35.7 Å². The van der Waals surface area contributed by atoms with E-state index in [1.165, 1.54) is 26.8 Å². The van der Waals surface area contributed by atoms with Crippen LogP contribution in [0.4, 0.5) is 13.2 Å². The maximum atomic E-state index is 13.6. The van der Waals surface area contributed by atoms with E-state index in [-0.39, 0.29) is 5.03 Å². The number of hydrogen-bond donors (Lipinski definition) is 0. The van der Waals surface area contributed by atoms with E-state index in [2.05, 4.69) is 15.3 Å². The highest BCUT2D eigenvalue weighted by Gasteiger charge is 2.47. The Morgan fingerprint density at radius 3 is 2.61 bits per heavy atom. The highest BCUT2D eigenvalue weighted by Crippen LogP contribution is 2.36. The van der Waals surface area contributed by atoms with Gasteiger partial charge in [-0.3, -0.25) is 4.79 Å². The second-order valence-electron chi connectivity index (χ2n) is 6.37. The summed E-state index contributed by atoms with van der Waals surface area (Å²) in [6.07, 6.45) is -2.27. The molecule has 0 unspecified atom stereocenters. The highest BCUT2D eigenvalue weighted by atomic mass is 32.2. The average Bonchev–Trinajstić information content (AvgIpc) is 3.34. The van der Waals surface area contributed by atoms with Crippen molar-refractivity contribution in [1.29, 1.82) is 0 Å². The number of aromatic nitrogens is 4. The van der Waals surface area contributed by atoms with E-state index in [1.807, 2.05) is 17.5 Å². The molecule has 0 spiro atoms. The average molecular weight is 427 g/mol. The van der Waals surface area contributed by atoms with Gasteiger partial charge in [0.15, 0.2) is 16.7 Å². The zero-order valence-electron chi connectivity index (χ0n) is 14.6. The molecule has 4 rings (SSSR count). The molecule has 0 aromatic carbocycles. The van der Waals surface area contributed by atoms with Gasteiger partial charge in [-0.1, -0.05) is 17.8 Å². The lowest BCUT2D eigenvalue weighted by atomic mass is 10.1. The van der Waals surface area contributed by atoms with Gasteiger partial charge in [0, 0.05) is 13.1 Å². The van der Waals surface area contributed by atoms with Gasteiger partial charge < -0.3 is 4.90 Å². The van der Waals surface area contributed by atoms with Gasteiger partial charge in [-0.2, -0.15) is 22.8 Å². The molecular weight excluding hydrogens is 411 g/mol. The lowest BCUT2D eigenvalue weighted by molar-refractivity contribution is -0.158. The van der Waals surface area contributed by atoms with E-state index in [0.29, 0.717) is 36.3 Å². The zero-order valence-corrected chi connectivity index (χ0v) is 16.2. The fraction of sp³-hybridized carbons (Fsp3) is 0.412. The van der Waals surface area contributed by atoms with Gasteiger partial charge in [0.25, 0.3) is 0 Å². The lowest BCUT2D eigenvalue weighted by Crippen LogP contribution is -2.46. The van der Waals surface area contributed by atoms with Crippen molar-refractivity contribution < 1.29 is 18.0 Å². The van der Waals surface area contributed by atoms with Crippen LogP contribution >= 0.6 is 23.1 Å². The van der Waals surface area contributed by atoms with Gasteiger partial charge in [-0.25, -0.2) is 0 Å². The summed E-state index contributed by atoms with van der Waals surface area (Å²) in [5.74, 6) is -0.445. The van der Waals surface area contributed by atoms with Gasteiger partial charge in [0.1, 0.15) is 5.03 Å². The van der Waals surface area contributed by atoms with Crippen LogP contribution in [0, 0.1) is 0 Å². The van der Waals surface area contributed by atoms with E-state index in [9.17, 15) is 18.0 Å². The Morgan fingerprint density at radius 2 is 1.93 bits per heavy atom. The first-order valence-corrected chi connectivity index (χ1v) is 10.5. The molecule has 1 atom stereocenters. The third-order valence-corrected chi connectivity index (χ3v) is 6.44. The fourth-order valence-corrected chi connectivity index (χ4v) is 4.65. The molecule has 0 bridgehead atoms. The first kappa shape index (κ1) is 19.2. The van der Waals surface area contributed by atoms with E-state index < -0.39 is 17.3 Å². The molecule has 1 fully saturated rings. The summed E-state index contributed by atoms with van der Waals surface area (Å²) < 4.78 is 42.3. The summed E-state index contributed by atoms with van der Waals surface area (Å²) in [6.45, 7) is 0.735. The van der Waals surface area contributed by atoms with E-state index in [4.69, 9.17) is 0 Å². The Labute approximate surface area is 166 Å². The van der Waals surface area contributed by atoms with Crippen LogP contribution in [0.25, 0.3) is 16.3 Å². The lowest BCUT2D eigenvalue weighted by Gasteiger charge is -2.30. The standard InChI is InChI=1S/C17H16F3N5OS2/c18-17(19,20)14(16(26)24-8-2-1-3-9-24)28-13-7-6-12-21-22-15(25(12)23-13)11-5-4-10-27-11/h4-7,10,14H,1-3,8-9H2/t14-/m1/s1. The number of thioether (sulfide) groups is 1. The molecule has 0 aliphatic carbocycles. The molecule has 148 valence electrons. The maximum Gasteiger partial charge on any atom is 0.409 e. The van der Waals surface area contributed by atoms with Gasteiger partial charge in [-0.15, -0.1) is 21.5 Å². The minimum atomic E-state index is -4.67. The van der Waals surface area contributed by atoms with Crippen molar-refractivity contribution in [1.82, 2.24) is 24.7 Å².